The van der Waals surface area contributed by atoms with Crippen LogP contribution in [-0.2, 0) is 13.6 Å². The summed E-state index contributed by atoms with van der Waals surface area (Å²) in [6.07, 6.45) is 5.39. The van der Waals surface area contributed by atoms with Gasteiger partial charge >= 0.3 is 0 Å². The number of rotatable bonds is 6. The number of piperazine rings is 1. The van der Waals surface area contributed by atoms with Crippen LogP contribution in [0.1, 0.15) is 16.1 Å². The lowest BCUT2D eigenvalue weighted by atomic mass is 10.1. The number of hydrogen-bond donors (Lipinski definition) is 1. The van der Waals surface area contributed by atoms with E-state index in [1.54, 1.807) is 25.2 Å². The van der Waals surface area contributed by atoms with Gasteiger partial charge in [0.2, 0.25) is 0 Å². The molecule has 9 heteroatoms. The van der Waals surface area contributed by atoms with Crippen molar-refractivity contribution in [3.8, 4) is 11.3 Å². The van der Waals surface area contributed by atoms with E-state index in [-0.39, 0.29) is 5.91 Å². The zero-order valence-electron chi connectivity index (χ0n) is 21.3. The number of carbonyl (C=O) groups is 1. The molecule has 5 heterocycles. The minimum Gasteiger partial charge on any atom is -0.387 e. The van der Waals surface area contributed by atoms with Gasteiger partial charge in [0, 0.05) is 90.0 Å². The van der Waals surface area contributed by atoms with E-state index >= 15 is 0 Å². The molecule has 0 aliphatic carbocycles. The van der Waals surface area contributed by atoms with Gasteiger partial charge in [0.05, 0.1) is 23.1 Å². The molecule has 1 amide bonds. The summed E-state index contributed by atoms with van der Waals surface area (Å²) < 4.78 is 2.19. The summed E-state index contributed by atoms with van der Waals surface area (Å²) in [7, 11) is 7.48. The average molecular weight is 485 g/mol. The summed E-state index contributed by atoms with van der Waals surface area (Å²) in [6.45, 7) is 4.52. The third-order valence-electron chi connectivity index (χ3n) is 6.84. The van der Waals surface area contributed by atoms with Crippen LogP contribution >= 0.6 is 0 Å². The maximum atomic E-state index is 12.1. The number of fused-ring (bicyclic) bond motifs is 1. The predicted molar refractivity (Wildman–Crippen MR) is 143 cm³/mol. The number of anilines is 2. The van der Waals surface area contributed by atoms with Gasteiger partial charge in [-0.3, -0.25) is 14.7 Å². The van der Waals surface area contributed by atoms with Crippen LogP contribution < -0.4 is 10.2 Å². The molecule has 0 saturated carbocycles. The molecule has 0 unspecified atom stereocenters. The van der Waals surface area contributed by atoms with E-state index in [0.717, 1.165) is 66.5 Å². The Morgan fingerprint density at radius 1 is 1.00 bits per heavy atom. The predicted octanol–water partition coefficient (Wildman–Crippen LogP) is 3.10. The summed E-state index contributed by atoms with van der Waals surface area (Å²) in [6, 6.07) is 12.2. The van der Waals surface area contributed by atoms with Crippen molar-refractivity contribution in [1.82, 2.24) is 29.3 Å². The van der Waals surface area contributed by atoms with Crippen LogP contribution in [0, 0.1) is 0 Å². The fourth-order valence-electron chi connectivity index (χ4n) is 4.67. The first-order chi connectivity index (χ1) is 17.4. The van der Waals surface area contributed by atoms with Crippen LogP contribution in [0.3, 0.4) is 0 Å². The zero-order valence-corrected chi connectivity index (χ0v) is 21.3. The van der Waals surface area contributed by atoms with E-state index in [1.165, 1.54) is 5.69 Å². The minimum atomic E-state index is -0.0303. The maximum Gasteiger partial charge on any atom is 0.254 e. The van der Waals surface area contributed by atoms with Crippen molar-refractivity contribution < 1.29 is 4.79 Å². The Hall–Kier alpha value is -3.98. The van der Waals surface area contributed by atoms with Gasteiger partial charge in [-0.2, -0.15) is 0 Å². The van der Waals surface area contributed by atoms with Gasteiger partial charge in [0.1, 0.15) is 11.5 Å². The Labute approximate surface area is 211 Å². The Balaban J connectivity index is 1.28. The van der Waals surface area contributed by atoms with Crippen LogP contribution in [-0.4, -0.2) is 82.5 Å². The second-order valence-electron chi connectivity index (χ2n) is 9.34. The molecule has 4 aromatic heterocycles. The van der Waals surface area contributed by atoms with Crippen LogP contribution in [0.2, 0.25) is 0 Å². The third kappa shape index (κ3) is 4.61. The maximum absolute atomic E-state index is 12.1. The molecule has 4 aromatic rings. The highest BCUT2D eigenvalue weighted by molar-refractivity contribution is 5.94. The van der Waals surface area contributed by atoms with E-state index in [0.29, 0.717) is 5.56 Å². The van der Waals surface area contributed by atoms with E-state index in [9.17, 15) is 4.79 Å². The lowest BCUT2D eigenvalue weighted by Gasteiger charge is -2.35. The Bertz CT molecular complexity index is 1350. The monoisotopic (exact) mass is 484 g/mol. The average Bonchev–Trinajstić information content (AvgIpc) is 3.24. The lowest BCUT2D eigenvalue weighted by molar-refractivity contribution is 0.0827. The number of aryl methyl sites for hydroxylation is 1. The Morgan fingerprint density at radius 3 is 2.44 bits per heavy atom. The molecular formula is C27H32N8O. The highest BCUT2D eigenvalue weighted by Gasteiger charge is 2.21. The quantitative estimate of drug-likeness (QED) is 0.450. The van der Waals surface area contributed by atoms with Gasteiger partial charge in [0.15, 0.2) is 0 Å². The summed E-state index contributed by atoms with van der Waals surface area (Å²) >= 11 is 0. The van der Waals surface area contributed by atoms with Crippen molar-refractivity contribution in [2.75, 3.05) is 57.5 Å². The van der Waals surface area contributed by atoms with Crippen molar-refractivity contribution in [3.05, 3.63) is 66.2 Å². The molecule has 0 aromatic carbocycles. The van der Waals surface area contributed by atoms with Gasteiger partial charge in [-0.25, -0.2) is 9.97 Å². The molecule has 5 rings (SSSR count). The standard InChI is InChI=1S/C27H32N8O/c1-28-20-6-7-24(30-17-20)22-9-10-29-26-23(22)15-21(33(26)4)18-34-11-13-35(14-12-34)25-8-5-19(16-31-25)27(36)32(2)3/h5-10,15-17,28H,11-14,18H2,1-4H3. The number of amides is 1. The second kappa shape index (κ2) is 9.94. The second-order valence-corrected chi connectivity index (χ2v) is 9.34. The van der Waals surface area contributed by atoms with E-state index in [4.69, 9.17) is 0 Å². The Morgan fingerprint density at radius 2 is 1.81 bits per heavy atom. The highest BCUT2D eigenvalue weighted by Crippen LogP contribution is 2.29. The van der Waals surface area contributed by atoms with Crippen molar-refractivity contribution >= 4 is 28.4 Å². The molecule has 1 saturated heterocycles. The summed E-state index contributed by atoms with van der Waals surface area (Å²) in [5.41, 5.74) is 5.84. The highest BCUT2D eigenvalue weighted by atomic mass is 16.2. The number of nitrogens with one attached hydrogen (secondary N) is 1. The fraction of sp³-hybridized carbons (Fsp3) is 0.333. The summed E-state index contributed by atoms with van der Waals surface area (Å²) in [5, 5.41) is 4.24. The first-order valence-electron chi connectivity index (χ1n) is 12.2. The molecule has 0 atom stereocenters. The largest absolute Gasteiger partial charge is 0.387 e. The van der Waals surface area contributed by atoms with Crippen LogP contribution in [0.25, 0.3) is 22.3 Å². The van der Waals surface area contributed by atoms with Gasteiger partial charge in [-0.15, -0.1) is 0 Å². The first-order valence-corrected chi connectivity index (χ1v) is 12.2. The van der Waals surface area contributed by atoms with Crippen LogP contribution in [0.4, 0.5) is 11.5 Å². The number of hydrogen-bond acceptors (Lipinski definition) is 7. The molecule has 1 aliphatic heterocycles. The number of carbonyl (C=O) groups excluding carboxylic acids is 1. The molecule has 1 fully saturated rings. The summed E-state index contributed by atoms with van der Waals surface area (Å²) in [5.74, 6) is 0.887. The van der Waals surface area contributed by atoms with Gasteiger partial charge < -0.3 is 19.7 Å². The molecule has 186 valence electrons. The number of nitrogens with zero attached hydrogens (tertiary/aromatic N) is 7. The van der Waals surface area contributed by atoms with E-state index in [1.807, 2.05) is 49.8 Å². The van der Waals surface area contributed by atoms with Gasteiger partial charge in [-0.1, -0.05) is 0 Å². The molecule has 1 N–H and O–H groups in total. The molecule has 36 heavy (non-hydrogen) atoms. The third-order valence-corrected chi connectivity index (χ3v) is 6.84. The minimum absolute atomic E-state index is 0.0303. The van der Waals surface area contributed by atoms with Crippen molar-refractivity contribution in [1.29, 1.82) is 0 Å². The van der Waals surface area contributed by atoms with E-state index in [2.05, 4.69) is 47.7 Å². The lowest BCUT2D eigenvalue weighted by Crippen LogP contribution is -2.46. The number of aromatic nitrogens is 4. The van der Waals surface area contributed by atoms with Crippen molar-refractivity contribution in [3.63, 3.8) is 0 Å². The molecule has 1 aliphatic rings. The fourth-order valence-corrected chi connectivity index (χ4v) is 4.67. The Kier molecular flexibility index (Phi) is 6.56. The normalized spacial score (nSPS) is 14.3. The number of pyridine rings is 3. The van der Waals surface area contributed by atoms with Crippen LogP contribution in [0.15, 0.2) is 55.0 Å². The smallest absolute Gasteiger partial charge is 0.254 e. The molecule has 0 radical (unpaired) electrons. The molecule has 0 bridgehead atoms. The molecular weight excluding hydrogens is 452 g/mol. The van der Waals surface area contributed by atoms with Gasteiger partial charge in [0.25, 0.3) is 5.91 Å². The van der Waals surface area contributed by atoms with Crippen LogP contribution in [0.5, 0.6) is 0 Å². The summed E-state index contributed by atoms with van der Waals surface area (Å²) in [4.78, 5) is 32.3. The van der Waals surface area contributed by atoms with Crippen molar-refractivity contribution in [2.45, 2.75) is 6.54 Å². The molecule has 9 nitrogen and oxygen atoms in total. The topological polar surface area (TPSA) is 82.4 Å². The van der Waals surface area contributed by atoms with E-state index < -0.39 is 0 Å². The first kappa shape index (κ1) is 23.7. The van der Waals surface area contributed by atoms with Crippen molar-refractivity contribution in [2.24, 2.45) is 7.05 Å². The zero-order chi connectivity index (χ0) is 25.2. The SMILES string of the molecule is CNc1ccc(-c2ccnc3c2cc(CN2CCN(c4ccc(C(=O)N(C)C)cn4)CC2)n3C)nc1. The van der Waals surface area contributed by atoms with Gasteiger partial charge in [-0.05, 0) is 36.4 Å². The molecule has 0 spiro atoms.